The summed E-state index contributed by atoms with van der Waals surface area (Å²) in [7, 11) is 0. The molecule has 0 spiro atoms. The Labute approximate surface area is 77.3 Å². The molecular weight excluding hydrogens is 172 g/mol. The summed E-state index contributed by atoms with van der Waals surface area (Å²) in [6, 6.07) is 4.51. The highest BCUT2D eigenvalue weighted by atomic mass is 32.1. The fourth-order valence-corrected chi connectivity index (χ4v) is 1.23. The Morgan fingerprint density at radius 3 is 2.25 bits per heavy atom. The second kappa shape index (κ2) is 2.90. The van der Waals surface area contributed by atoms with Gasteiger partial charge in [-0.2, -0.15) is 12.6 Å². The first kappa shape index (κ1) is 9.26. The second-order valence-corrected chi connectivity index (χ2v) is 4.38. The van der Waals surface area contributed by atoms with Crippen LogP contribution < -0.4 is 0 Å². The summed E-state index contributed by atoms with van der Waals surface area (Å²) in [5, 5.41) is 18.4. The average Bonchev–Trinajstić information content (AvgIpc) is 1.83. The minimum Gasteiger partial charge on any atom is -0.508 e. The lowest BCUT2D eigenvalue weighted by Crippen LogP contribution is -2.07. The van der Waals surface area contributed by atoms with E-state index in [1.165, 1.54) is 12.1 Å². The van der Waals surface area contributed by atoms with E-state index in [0.717, 1.165) is 0 Å². The lowest BCUT2D eigenvalue weighted by molar-refractivity contribution is 0.442. The Kier molecular flexibility index (Phi) is 2.24. The molecule has 12 heavy (non-hydrogen) atoms. The Morgan fingerprint density at radius 2 is 1.83 bits per heavy atom. The van der Waals surface area contributed by atoms with Crippen LogP contribution in [-0.4, -0.2) is 10.2 Å². The molecule has 0 aliphatic rings. The van der Waals surface area contributed by atoms with Crippen LogP contribution in [-0.2, 0) is 4.75 Å². The molecule has 0 fully saturated rings. The highest BCUT2D eigenvalue weighted by molar-refractivity contribution is 7.81. The number of benzene rings is 1. The van der Waals surface area contributed by atoms with Crippen LogP contribution in [0.5, 0.6) is 11.5 Å². The van der Waals surface area contributed by atoms with Crippen molar-refractivity contribution in [3.05, 3.63) is 23.8 Å². The van der Waals surface area contributed by atoms with Crippen molar-refractivity contribution in [1.82, 2.24) is 0 Å². The van der Waals surface area contributed by atoms with E-state index in [9.17, 15) is 5.11 Å². The molecule has 1 aromatic rings. The van der Waals surface area contributed by atoms with Gasteiger partial charge in [0.2, 0.25) is 0 Å². The lowest BCUT2D eigenvalue weighted by atomic mass is 10.0. The minimum absolute atomic E-state index is 0.0637. The van der Waals surface area contributed by atoms with Gasteiger partial charge in [0.15, 0.2) is 0 Å². The Bertz CT molecular complexity index is 289. The van der Waals surface area contributed by atoms with E-state index in [4.69, 9.17) is 5.11 Å². The number of aromatic hydroxyl groups is 2. The summed E-state index contributed by atoms with van der Waals surface area (Å²) in [4.78, 5) is 0. The lowest BCUT2D eigenvalue weighted by Gasteiger charge is -2.19. The summed E-state index contributed by atoms with van der Waals surface area (Å²) in [5.41, 5.74) is 0.712. The number of rotatable bonds is 1. The normalized spacial score (nSPS) is 11.6. The highest BCUT2D eigenvalue weighted by Gasteiger charge is 2.18. The van der Waals surface area contributed by atoms with Gasteiger partial charge < -0.3 is 10.2 Å². The maximum atomic E-state index is 9.42. The molecule has 0 unspecified atom stereocenters. The van der Waals surface area contributed by atoms with E-state index in [-0.39, 0.29) is 11.5 Å². The van der Waals surface area contributed by atoms with Crippen LogP contribution in [0.4, 0.5) is 0 Å². The average molecular weight is 184 g/mol. The predicted molar refractivity (Wildman–Crippen MR) is 51.8 cm³/mol. The molecule has 66 valence electrons. The maximum Gasteiger partial charge on any atom is 0.123 e. The number of hydrogen-bond acceptors (Lipinski definition) is 3. The number of phenolic OH excluding ortho intramolecular Hbond substituents is 2. The molecule has 1 aromatic carbocycles. The molecule has 0 heterocycles. The van der Waals surface area contributed by atoms with Gasteiger partial charge in [0.1, 0.15) is 11.5 Å². The molecule has 0 bridgehead atoms. The Morgan fingerprint density at radius 1 is 1.25 bits per heavy atom. The van der Waals surface area contributed by atoms with Crippen LogP contribution in [0.1, 0.15) is 19.4 Å². The van der Waals surface area contributed by atoms with Crippen molar-refractivity contribution in [2.45, 2.75) is 18.6 Å². The quantitative estimate of drug-likeness (QED) is 0.586. The van der Waals surface area contributed by atoms with E-state index in [1.54, 1.807) is 6.07 Å². The fourth-order valence-electron chi connectivity index (χ4n) is 1.04. The molecule has 1 rings (SSSR count). The molecule has 2 nitrogen and oxygen atoms in total. The molecule has 0 aliphatic carbocycles. The molecule has 2 N–H and O–H groups in total. The largest absolute Gasteiger partial charge is 0.508 e. The van der Waals surface area contributed by atoms with Gasteiger partial charge in [0.25, 0.3) is 0 Å². The smallest absolute Gasteiger partial charge is 0.123 e. The third kappa shape index (κ3) is 1.85. The van der Waals surface area contributed by atoms with Gasteiger partial charge in [0.05, 0.1) is 0 Å². The summed E-state index contributed by atoms with van der Waals surface area (Å²) in [6.07, 6.45) is 0. The van der Waals surface area contributed by atoms with E-state index in [2.05, 4.69) is 12.6 Å². The number of phenols is 2. The minimum atomic E-state index is -0.391. The summed E-state index contributed by atoms with van der Waals surface area (Å²) in [5.74, 6) is 0.142. The van der Waals surface area contributed by atoms with Crippen molar-refractivity contribution in [3.8, 4) is 11.5 Å². The van der Waals surface area contributed by atoms with Gasteiger partial charge in [-0.05, 0) is 19.9 Å². The van der Waals surface area contributed by atoms with Crippen molar-refractivity contribution < 1.29 is 10.2 Å². The van der Waals surface area contributed by atoms with Crippen molar-refractivity contribution in [2.75, 3.05) is 0 Å². The van der Waals surface area contributed by atoms with E-state index >= 15 is 0 Å². The van der Waals surface area contributed by atoms with Gasteiger partial charge in [-0.1, -0.05) is 6.07 Å². The monoisotopic (exact) mass is 184 g/mol. The SMILES string of the molecule is CC(C)(S)c1ccc(O)cc1O. The van der Waals surface area contributed by atoms with Gasteiger partial charge in [-0.15, -0.1) is 0 Å². The zero-order valence-corrected chi connectivity index (χ0v) is 7.97. The van der Waals surface area contributed by atoms with Crippen molar-refractivity contribution in [3.63, 3.8) is 0 Å². The van der Waals surface area contributed by atoms with Gasteiger partial charge in [-0.3, -0.25) is 0 Å². The zero-order valence-electron chi connectivity index (χ0n) is 7.07. The first-order chi connectivity index (χ1) is 5.41. The van der Waals surface area contributed by atoms with Crippen LogP contribution in [0.3, 0.4) is 0 Å². The van der Waals surface area contributed by atoms with Gasteiger partial charge >= 0.3 is 0 Å². The molecule has 0 saturated carbocycles. The van der Waals surface area contributed by atoms with Gasteiger partial charge in [0, 0.05) is 16.4 Å². The van der Waals surface area contributed by atoms with E-state index in [1.807, 2.05) is 13.8 Å². The highest BCUT2D eigenvalue weighted by Crippen LogP contribution is 2.35. The number of thiol groups is 1. The van der Waals surface area contributed by atoms with E-state index < -0.39 is 4.75 Å². The van der Waals surface area contributed by atoms with Crippen LogP contribution in [0.2, 0.25) is 0 Å². The molecule has 3 heteroatoms. The summed E-state index contributed by atoms with van der Waals surface area (Å²) < 4.78 is -0.391. The molecule has 0 amide bonds. The fraction of sp³-hybridized carbons (Fsp3) is 0.333. The van der Waals surface area contributed by atoms with Gasteiger partial charge in [-0.25, -0.2) is 0 Å². The van der Waals surface area contributed by atoms with Crippen LogP contribution in [0, 0.1) is 0 Å². The van der Waals surface area contributed by atoms with Crippen LogP contribution in [0.15, 0.2) is 18.2 Å². The Balaban J connectivity index is 3.19. The van der Waals surface area contributed by atoms with Crippen molar-refractivity contribution in [2.24, 2.45) is 0 Å². The first-order valence-electron chi connectivity index (χ1n) is 3.66. The van der Waals surface area contributed by atoms with Crippen molar-refractivity contribution in [1.29, 1.82) is 0 Å². The first-order valence-corrected chi connectivity index (χ1v) is 4.11. The van der Waals surface area contributed by atoms with E-state index in [0.29, 0.717) is 5.56 Å². The molecular formula is C9H12O2S. The molecule has 0 atom stereocenters. The zero-order chi connectivity index (χ0) is 9.35. The van der Waals surface area contributed by atoms with Crippen LogP contribution >= 0.6 is 12.6 Å². The summed E-state index contributed by atoms with van der Waals surface area (Å²) >= 11 is 4.31. The number of hydrogen-bond donors (Lipinski definition) is 3. The molecule has 0 radical (unpaired) electrons. The molecule has 0 aromatic heterocycles. The molecule has 0 saturated heterocycles. The standard InChI is InChI=1S/C9H12O2S/c1-9(2,12)7-4-3-6(10)5-8(7)11/h3-5,10-12H,1-2H3. The third-order valence-corrected chi connectivity index (χ3v) is 1.88. The molecule has 0 aliphatic heterocycles. The maximum absolute atomic E-state index is 9.42. The third-order valence-electron chi connectivity index (χ3n) is 1.64. The van der Waals surface area contributed by atoms with Crippen molar-refractivity contribution >= 4 is 12.6 Å². The predicted octanol–water partition coefficient (Wildman–Crippen LogP) is 2.26. The summed E-state index contributed by atoms with van der Waals surface area (Å²) in [6.45, 7) is 3.75. The Hall–Kier alpha value is -0.830. The van der Waals surface area contributed by atoms with Crippen LogP contribution in [0.25, 0.3) is 0 Å². The topological polar surface area (TPSA) is 40.5 Å². The second-order valence-electron chi connectivity index (χ2n) is 3.26.